The van der Waals surface area contributed by atoms with Crippen LogP contribution in [0.25, 0.3) is 0 Å². The highest BCUT2D eigenvalue weighted by molar-refractivity contribution is 6.08. The molecule has 1 aromatic heterocycles. The van der Waals surface area contributed by atoms with Crippen molar-refractivity contribution in [2.75, 3.05) is 0 Å². The molecule has 1 atom stereocenters. The van der Waals surface area contributed by atoms with Crippen LogP contribution in [0.4, 0.5) is 0 Å². The highest BCUT2D eigenvalue weighted by atomic mass is 16.5. The Morgan fingerprint density at radius 3 is 2.31 bits per heavy atom. The van der Waals surface area contributed by atoms with Crippen molar-refractivity contribution >= 4 is 11.7 Å². The minimum Gasteiger partial charge on any atom is -0.481 e. The Kier molecular flexibility index (Phi) is 5.49. The summed E-state index contributed by atoms with van der Waals surface area (Å²) >= 11 is 0. The van der Waals surface area contributed by atoms with E-state index in [0.29, 0.717) is 29.2 Å². The van der Waals surface area contributed by atoms with Gasteiger partial charge in [0.05, 0.1) is 12.8 Å². The molecule has 5 nitrogen and oxygen atoms in total. The molecule has 5 heteroatoms. The fourth-order valence-corrected chi connectivity index (χ4v) is 2.43. The first-order valence-electron chi connectivity index (χ1n) is 8.30. The SMILES string of the molecule is CC(Oc1ccc(C(=O)c2ccccc2)cc1)C(=O)NCc1ccco1. The molecule has 3 aromatic rings. The van der Waals surface area contributed by atoms with E-state index >= 15 is 0 Å². The van der Waals surface area contributed by atoms with Crippen molar-refractivity contribution in [3.63, 3.8) is 0 Å². The Balaban J connectivity index is 1.56. The number of hydrogen-bond acceptors (Lipinski definition) is 4. The van der Waals surface area contributed by atoms with Crippen molar-refractivity contribution in [2.45, 2.75) is 19.6 Å². The number of hydrogen-bond donors (Lipinski definition) is 1. The van der Waals surface area contributed by atoms with E-state index in [-0.39, 0.29) is 11.7 Å². The van der Waals surface area contributed by atoms with E-state index in [1.807, 2.05) is 18.2 Å². The van der Waals surface area contributed by atoms with E-state index in [1.54, 1.807) is 61.7 Å². The number of benzene rings is 2. The summed E-state index contributed by atoms with van der Waals surface area (Å²) in [7, 11) is 0. The van der Waals surface area contributed by atoms with Gasteiger partial charge in [-0.1, -0.05) is 30.3 Å². The molecule has 0 saturated heterocycles. The summed E-state index contributed by atoms with van der Waals surface area (Å²) in [6.07, 6.45) is 0.889. The van der Waals surface area contributed by atoms with Crippen LogP contribution in [-0.4, -0.2) is 17.8 Å². The molecular weight excluding hydrogens is 330 g/mol. The van der Waals surface area contributed by atoms with Crippen molar-refractivity contribution in [2.24, 2.45) is 0 Å². The Hall–Kier alpha value is -3.34. The minimum atomic E-state index is -0.666. The third-order valence-electron chi connectivity index (χ3n) is 3.85. The van der Waals surface area contributed by atoms with Crippen molar-refractivity contribution in [1.82, 2.24) is 5.32 Å². The Labute approximate surface area is 151 Å². The van der Waals surface area contributed by atoms with Crippen molar-refractivity contribution in [3.05, 3.63) is 89.9 Å². The van der Waals surface area contributed by atoms with Crippen molar-refractivity contribution in [1.29, 1.82) is 0 Å². The number of furan rings is 1. The minimum absolute atomic E-state index is 0.0543. The van der Waals surface area contributed by atoms with Gasteiger partial charge in [-0.15, -0.1) is 0 Å². The van der Waals surface area contributed by atoms with Crippen LogP contribution in [0.5, 0.6) is 5.75 Å². The van der Waals surface area contributed by atoms with Gasteiger partial charge in [0, 0.05) is 11.1 Å². The van der Waals surface area contributed by atoms with E-state index in [1.165, 1.54) is 0 Å². The molecule has 1 amide bonds. The number of ether oxygens (including phenoxy) is 1. The molecule has 0 radical (unpaired) electrons. The van der Waals surface area contributed by atoms with Gasteiger partial charge < -0.3 is 14.5 Å². The molecular formula is C21H19NO4. The fourth-order valence-electron chi connectivity index (χ4n) is 2.43. The lowest BCUT2D eigenvalue weighted by Gasteiger charge is -2.14. The van der Waals surface area contributed by atoms with Crippen LogP contribution in [0.1, 0.15) is 28.6 Å². The van der Waals surface area contributed by atoms with Crippen LogP contribution < -0.4 is 10.1 Å². The van der Waals surface area contributed by atoms with Gasteiger partial charge in [-0.2, -0.15) is 0 Å². The number of ketones is 1. The van der Waals surface area contributed by atoms with Gasteiger partial charge in [0.2, 0.25) is 0 Å². The monoisotopic (exact) mass is 349 g/mol. The average Bonchev–Trinajstić information content (AvgIpc) is 3.20. The summed E-state index contributed by atoms with van der Waals surface area (Å²) in [4.78, 5) is 24.4. The quantitative estimate of drug-likeness (QED) is 0.662. The largest absolute Gasteiger partial charge is 0.481 e. The Morgan fingerprint density at radius 2 is 1.65 bits per heavy atom. The van der Waals surface area contributed by atoms with Gasteiger partial charge >= 0.3 is 0 Å². The van der Waals surface area contributed by atoms with E-state index in [4.69, 9.17) is 9.15 Å². The lowest BCUT2D eigenvalue weighted by molar-refractivity contribution is -0.127. The van der Waals surface area contributed by atoms with Gasteiger partial charge in [0.15, 0.2) is 11.9 Å². The maximum atomic E-state index is 12.4. The molecule has 0 spiro atoms. The molecule has 26 heavy (non-hydrogen) atoms. The summed E-state index contributed by atoms with van der Waals surface area (Å²) in [6.45, 7) is 1.98. The number of carbonyl (C=O) groups is 2. The first-order valence-corrected chi connectivity index (χ1v) is 8.30. The van der Waals surface area contributed by atoms with E-state index in [2.05, 4.69) is 5.32 Å². The van der Waals surface area contributed by atoms with Crippen LogP contribution in [0, 0.1) is 0 Å². The van der Waals surface area contributed by atoms with Gasteiger partial charge in [-0.05, 0) is 43.3 Å². The zero-order chi connectivity index (χ0) is 18.4. The lowest BCUT2D eigenvalue weighted by atomic mass is 10.0. The van der Waals surface area contributed by atoms with Crippen LogP contribution in [0.15, 0.2) is 77.4 Å². The normalized spacial score (nSPS) is 11.6. The average molecular weight is 349 g/mol. The number of rotatable bonds is 7. The van der Waals surface area contributed by atoms with Gasteiger partial charge in [-0.25, -0.2) is 0 Å². The van der Waals surface area contributed by atoms with E-state index in [9.17, 15) is 9.59 Å². The van der Waals surface area contributed by atoms with Crippen molar-refractivity contribution < 1.29 is 18.7 Å². The number of amides is 1. The predicted octanol–water partition coefficient (Wildman–Crippen LogP) is 3.59. The second-order valence-electron chi connectivity index (χ2n) is 5.78. The van der Waals surface area contributed by atoms with Crippen LogP contribution in [-0.2, 0) is 11.3 Å². The zero-order valence-electron chi connectivity index (χ0n) is 14.3. The van der Waals surface area contributed by atoms with Crippen LogP contribution >= 0.6 is 0 Å². The molecule has 1 N–H and O–H groups in total. The topological polar surface area (TPSA) is 68.5 Å². The molecule has 132 valence electrons. The molecule has 0 saturated carbocycles. The molecule has 0 fully saturated rings. The van der Waals surface area contributed by atoms with Gasteiger partial charge in [0.25, 0.3) is 5.91 Å². The molecule has 3 rings (SSSR count). The van der Waals surface area contributed by atoms with E-state index in [0.717, 1.165) is 0 Å². The molecule has 1 unspecified atom stereocenters. The summed E-state index contributed by atoms with van der Waals surface area (Å²) in [5.41, 5.74) is 1.20. The lowest BCUT2D eigenvalue weighted by Crippen LogP contribution is -2.35. The molecule has 0 aliphatic heterocycles. The zero-order valence-corrected chi connectivity index (χ0v) is 14.3. The van der Waals surface area contributed by atoms with Crippen LogP contribution in [0.3, 0.4) is 0 Å². The molecule has 0 aliphatic rings. The molecule has 2 aromatic carbocycles. The highest BCUT2D eigenvalue weighted by Gasteiger charge is 2.15. The first-order chi connectivity index (χ1) is 12.6. The Morgan fingerprint density at radius 1 is 0.962 bits per heavy atom. The predicted molar refractivity (Wildman–Crippen MR) is 97.0 cm³/mol. The second kappa shape index (κ2) is 8.16. The van der Waals surface area contributed by atoms with Crippen molar-refractivity contribution in [3.8, 4) is 5.75 Å². The summed E-state index contributed by atoms with van der Waals surface area (Å²) < 4.78 is 10.8. The third kappa shape index (κ3) is 4.39. The second-order valence-corrected chi connectivity index (χ2v) is 5.78. The molecule has 1 heterocycles. The summed E-state index contributed by atoms with van der Waals surface area (Å²) in [6, 6.07) is 19.4. The molecule has 0 aliphatic carbocycles. The maximum Gasteiger partial charge on any atom is 0.261 e. The summed E-state index contributed by atoms with van der Waals surface area (Å²) in [5.74, 6) is 0.900. The van der Waals surface area contributed by atoms with Crippen LogP contribution in [0.2, 0.25) is 0 Å². The van der Waals surface area contributed by atoms with Gasteiger partial charge in [-0.3, -0.25) is 9.59 Å². The number of nitrogens with one attached hydrogen (secondary N) is 1. The fraction of sp³-hybridized carbons (Fsp3) is 0.143. The first kappa shape index (κ1) is 17.5. The highest BCUT2D eigenvalue weighted by Crippen LogP contribution is 2.17. The smallest absolute Gasteiger partial charge is 0.261 e. The standard InChI is InChI=1S/C21H19NO4/c1-15(21(24)22-14-19-8-5-13-25-19)26-18-11-9-17(10-12-18)20(23)16-6-3-2-4-7-16/h2-13,15H,14H2,1H3,(H,22,24). The number of carbonyl (C=O) groups excluding carboxylic acids is 2. The van der Waals surface area contributed by atoms with E-state index < -0.39 is 6.10 Å². The summed E-state index contributed by atoms with van der Waals surface area (Å²) in [5, 5.41) is 2.74. The van der Waals surface area contributed by atoms with Gasteiger partial charge in [0.1, 0.15) is 11.5 Å². The maximum absolute atomic E-state index is 12.4. The molecule has 0 bridgehead atoms. The Bertz CT molecular complexity index is 855. The third-order valence-corrected chi connectivity index (χ3v) is 3.85.